The van der Waals surface area contributed by atoms with Crippen LogP contribution in [-0.4, -0.2) is 50.5 Å². The molecule has 1 fully saturated rings. The molecular weight excluding hydrogens is 270 g/mol. The molecule has 1 heterocycles. The molecule has 1 saturated heterocycles. The minimum atomic E-state index is -3.46. The Morgan fingerprint density at radius 3 is 2.42 bits per heavy atom. The van der Waals surface area contributed by atoms with Crippen LogP contribution in [0.1, 0.15) is 34.1 Å². The van der Waals surface area contributed by atoms with Crippen LogP contribution in [0.3, 0.4) is 0 Å². The molecule has 1 aliphatic heterocycles. The summed E-state index contributed by atoms with van der Waals surface area (Å²) in [5.74, 6) is 0.0160. The van der Waals surface area contributed by atoms with Gasteiger partial charge in [0, 0.05) is 19.0 Å². The van der Waals surface area contributed by atoms with Crippen molar-refractivity contribution >= 4 is 16.2 Å². The second-order valence-corrected chi connectivity index (χ2v) is 7.58. The molecule has 0 spiro atoms. The molecule has 2 atom stereocenters. The van der Waals surface area contributed by atoms with Crippen LogP contribution in [0.15, 0.2) is 0 Å². The highest BCUT2D eigenvalue weighted by atomic mass is 32.2. The Morgan fingerprint density at radius 2 is 1.95 bits per heavy atom. The van der Waals surface area contributed by atoms with Crippen LogP contribution in [0.25, 0.3) is 0 Å². The molecular formula is C12H23NO5S. The summed E-state index contributed by atoms with van der Waals surface area (Å²) in [6.45, 7) is 8.18. The van der Waals surface area contributed by atoms with Crippen molar-refractivity contribution in [3.63, 3.8) is 0 Å². The van der Waals surface area contributed by atoms with E-state index in [1.165, 1.54) is 0 Å². The smallest absolute Gasteiger partial charge is 0.410 e. The fourth-order valence-corrected chi connectivity index (χ4v) is 2.73. The van der Waals surface area contributed by atoms with Gasteiger partial charge in [0.1, 0.15) is 5.60 Å². The molecule has 0 aromatic rings. The van der Waals surface area contributed by atoms with Gasteiger partial charge in [-0.1, -0.05) is 0 Å². The minimum absolute atomic E-state index is 0.0160. The maximum atomic E-state index is 11.9. The highest BCUT2D eigenvalue weighted by Crippen LogP contribution is 2.24. The summed E-state index contributed by atoms with van der Waals surface area (Å²) in [6, 6.07) is 0. The molecule has 19 heavy (non-hydrogen) atoms. The molecule has 7 heteroatoms. The van der Waals surface area contributed by atoms with Crippen molar-refractivity contribution in [2.24, 2.45) is 5.92 Å². The van der Waals surface area contributed by atoms with Crippen LogP contribution in [-0.2, 0) is 19.0 Å². The van der Waals surface area contributed by atoms with E-state index in [0.717, 1.165) is 12.7 Å². The SMILES string of the molecule is CC(OS(C)(=O)=O)[C@H]1CCN(C(=O)OC(C)(C)C)C1. The topological polar surface area (TPSA) is 72.9 Å². The number of carbonyl (C=O) groups excluding carboxylic acids is 1. The first-order valence-electron chi connectivity index (χ1n) is 6.34. The van der Waals surface area contributed by atoms with Crippen molar-refractivity contribution in [1.29, 1.82) is 0 Å². The fraction of sp³-hybridized carbons (Fsp3) is 0.917. The van der Waals surface area contributed by atoms with Crippen molar-refractivity contribution in [3.05, 3.63) is 0 Å². The second kappa shape index (κ2) is 5.66. The zero-order chi connectivity index (χ0) is 14.8. The Hall–Kier alpha value is -0.820. The molecule has 112 valence electrons. The van der Waals surface area contributed by atoms with Crippen molar-refractivity contribution in [2.45, 2.75) is 45.8 Å². The Balaban J connectivity index is 2.52. The van der Waals surface area contributed by atoms with E-state index < -0.39 is 21.8 Å². The molecule has 0 aromatic heterocycles. The van der Waals surface area contributed by atoms with E-state index in [2.05, 4.69) is 0 Å². The fourth-order valence-electron chi connectivity index (χ4n) is 2.02. The summed E-state index contributed by atoms with van der Waals surface area (Å²) in [5, 5.41) is 0. The third kappa shape index (κ3) is 5.78. The first-order valence-corrected chi connectivity index (χ1v) is 8.16. The maximum absolute atomic E-state index is 11.9. The average Bonchev–Trinajstić information content (AvgIpc) is 2.60. The lowest BCUT2D eigenvalue weighted by atomic mass is 10.0. The molecule has 0 saturated carbocycles. The van der Waals surface area contributed by atoms with E-state index in [-0.39, 0.29) is 12.0 Å². The van der Waals surface area contributed by atoms with Crippen molar-refractivity contribution in [1.82, 2.24) is 4.90 Å². The van der Waals surface area contributed by atoms with E-state index in [4.69, 9.17) is 8.92 Å². The highest BCUT2D eigenvalue weighted by Gasteiger charge is 2.33. The van der Waals surface area contributed by atoms with Gasteiger partial charge in [0.05, 0.1) is 12.4 Å². The van der Waals surface area contributed by atoms with Gasteiger partial charge >= 0.3 is 6.09 Å². The standard InChI is InChI=1S/C12H23NO5S/c1-9(18-19(5,15)16)10-6-7-13(8-10)11(14)17-12(2,3)4/h9-10H,6-8H2,1-5H3/t9?,10-/m0/s1. The Morgan fingerprint density at radius 1 is 1.37 bits per heavy atom. The molecule has 6 nitrogen and oxygen atoms in total. The van der Waals surface area contributed by atoms with E-state index >= 15 is 0 Å². The molecule has 0 aliphatic carbocycles. The third-order valence-electron chi connectivity index (χ3n) is 2.87. The van der Waals surface area contributed by atoms with Gasteiger partial charge in [0.2, 0.25) is 0 Å². The van der Waals surface area contributed by atoms with Crippen molar-refractivity contribution in [2.75, 3.05) is 19.3 Å². The van der Waals surface area contributed by atoms with Gasteiger partial charge in [0.25, 0.3) is 10.1 Å². The first-order chi connectivity index (χ1) is 8.48. The van der Waals surface area contributed by atoms with E-state index in [1.807, 2.05) is 20.8 Å². The van der Waals surface area contributed by atoms with E-state index in [9.17, 15) is 13.2 Å². The number of amides is 1. The van der Waals surface area contributed by atoms with Crippen LogP contribution < -0.4 is 0 Å². The summed E-state index contributed by atoms with van der Waals surface area (Å²) >= 11 is 0. The van der Waals surface area contributed by atoms with Crippen LogP contribution in [0.5, 0.6) is 0 Å². The first kappa shape index (κ1) is 16.2. The zero-order valence-electron chi connectivity index (χ0n) is 12.2. The monoisotopic (exact) mass is 293 g/mol. The van der Waals surface area contributed by atoms with Gasteiger partial charge in [-0.3, -0.25) is 4.18 Å². The van der Waals surface area contributed by atoms with Gasteiger partial charge in [-0.2, -0.15) is 8.42 Å². The van der Waals surface area contributed by atoms with Crippen molar-refractivity contribution < 1.29 is 22.1 Å². The summed E-state index contributed by atoms with van der Waals surface area (Å²) in [6.07, 6.45) is 0.962. The molecule has 0 radical (unpaired) electrons. The zero-order valence-corrected chi connectivity index (χ0v) is 13.0. The largest absolute Gasteiger partial charge is 0.444 e. The Labute approximate surface area is 115 Å². The van der Waals surface area contributed by atoms with Crippen molar-refractivity contribution in [3.8, 4) is 0 Å². The number of carbonyl (C=O) groups is 1. The Bertz CT molecular complexity index is 426. The molecule has 1 amide bonds. The van der Waals surface area contributed by atoms with Crippen LogP contribution >= 0.6 is 0 Å². The third-order valence-corrected chi connectivity index (χ3v) is 3.52. The normalized spacial score (nSPS) is 22.4. The minimum Gasteiger partial charge on any atom is -0.444 e. The highest BCUT2D eigenvalue weighted by molar-refractivity contribution is 7.86. The van der Waals surface area contributed by atoms with Gasteiger partial charge in [-0.05, 0) is 34.1 Å². The van der Waals surface area contributed by atoms with Gasteiger partial charge < -0.3 is 9.64 Å². The molecule has 0 N–H and O–H groups in total. The van der Waals surface area contributed by atoms with E-state index in [1.54, 1.807) is 11.8 Å². The lowest BCUT2D eigenvalue weighted by Gasteiger charge is -2.25. The summed E-state index contributed by atoms with van der Waals surface area (Å²) in [7, 11) is -3.46. The van der Waals surface area contributed by atoms with Crippen LogP contribution in [0, 0.1) is 5.92 Å². The van der Waals surface area contributed by atoms with E-state index in [0.29, 0.717) is 13.1 Å². The number of ether oxygens (including phenoxy) is 1. The van der Waals surface area contributed by atoms with Gasteiger partial charge in [-0.25, -0.2) is 4.79 Å². The molecule has 1 rings (SSSR count). The molecule has 0 aromatic carbocycles. The number of hydrogen-bond acceptors (Lipinski definition) is 5. The summed E-state index contributed by atoms with van der Waals surface area (Å²) < 4.78 is 32.4. The summed E-state index contributed by atoms with van der Waals surface area (Å²) in [4.78, 5) is 13.5. The summed E-state index contributed by atoms with van der Waals surface area (Å²) in [5.41, 5.74) is -0.524. The quantitative estimate of drug-likeness (QED) is 0.739. The number of hydrogen-bond donors (Lipinski definition) is 0. The molecule has 1 aliphatic rings. The Kier molecular flexibility index (Phi) is 4.84. The lowest BCUT2D eigenvalue weighted by molar-refractivity contribution is 0.0278. The molecule has 0 bridgehead atoms. The molecule has 1 unspecified atom stereocenters. The van der Waals surface area contributed by atoms with Gasteiger partial charge in [-0.15, -0.1) is 0 Å². The van der Waals surface area contributed by atoms with Crippen LogP contribution in [0.4, 0.5) is 4.79 Å². The predicted molar refractivity (Wildman–Crippen MR) is 71.3 cm³/mol. The maximum Gasteiger partial charge on any atom is 0.410 e. The average molecular weight is 293 g/mol. The second-order valence-electron chi connectivity index (χ2n) is 5.98. The number of rotatable bonds is 3. The number of nitrogens with zero attached hydrogens (tertiary/aromatic N) is 1. The number of likely N-dealkylation sites (tertiary alicyclic amines) is 1. The predicted octanol–water partition coefficient (Wildman–Crippen LogP) is 1.61. The van der Waals surface area contributed by atoms with Gasteiger partial charge in [0.15, 0.2) is 0 Å². The van der Waals surface area contributed by atoms with Crippen LogP contribution in [0.2, 0.25) is 0 Å². The lowest BCUT2D eigenvalue weighted by Crippen LogP contribution is -2.36.